The minimum absolute atomic E-state index is 0.0694. The molecule has 0 saturated carbocycles. The van der Waals surface area contributed by atoms with Gasteiger partial charge in [0.05, 0.1) is 6.42 Å². The lowest BCUT2D eigenvalue weighted by Crippen LogP contribution is -1.94. The summed E-state index contributed by atoms with van der Waals surface area (Å²) in [4.78, 5) is 10.0. The molecule has 0 radical (unpaired) electrons. The summed E-state index contributed by atoms with van der Waals surface area (Å²) in [5, 5.41) is 8.26. The van der Waals surface area contributed by atoms with Gasteiger partial charge >= 0.3 is 5.97 Å². The Hall–Kier alpha value is -1.05. The van der Waals surface area contributed by atoms with Crippen molar-refractivity contribution in [3.8, 4) is 0 Å². The van der Waals surface area contributed by atoms with E-state index < -0.39 is 5.97 Å². The Morgan fingerprint density at radius 1 is 1.78 bits per heavy atom. The summed E-state index contributed by atoms with van der Waals surface area (Å²) in [6.07, 6.45) is 3.36. The number of aliphatic carboxylic acids is 1. The third kappa shape index (κ3) is 3.53. The Labute approximate surface area is 54.5 Å². The molecule has 0 aliphatic carbocycles. The van der Waals surface area contributed by atoms with Crippen LogP contribution in [0.3, 0.4) is 0 Å². The maximum Gasteiger partial charge on any atom is 0.307 e. The van der Waals surface area contributed by atoms with E-state index in [4.69, 9.17) is 5.11 Å². The highest BCUT2D eigenvalue weighted by molar-refractivity contribution is 5.70. The molecule has 0 aromatic carbocycles. The number of allylic oxidation sites excluding steroid dienone is 2. The third-order valence-corrected chi connectivity index (χ3v) is 0.988. The molecular weight excluding hydrogens is 116 g/mol. The van der Waals surface area contributed by atoms with Crippen LogP contribution in [0.15, 0.2) is 24.3 Å². The van der Waals surface area contributed by atoms with Crippen molar-refractivity contribution in [3.63, 3.8) is 0 Å². The molecular formula is C7H10O2. The minimum Gasteiger partial charge on any atom is -0.481 e. The Morgan fingerprint density at radius 3 is 2.44 bits per heavy atom. The number of hydrogen-bond donors (Lipinski definition) is 1. The van der Waals surface area contributed by atoms with E-state index in [0.717, 1.165) is 5.57 Å². The first kappa shape index (κ1) is 7.95. The highest BCUT2D eigenvalue weighted by Crippen LogP contribution is 2.00. The SMILES string of the molecule is C=C/C(=C\C)CC(=O)O. The Morgan fingerprint density at radius 2 is 2.33 bits per heavy atom. The Balaban J connectivity index is 3.86. The van der Waals surface area contributed by atoms with Crippen LogP contribution in [0.25, 0.3) is 0 Å². The zero-order valence-electron chi connectivity index (χ0n) is 5.42. The average molecular weight is 126 g/mol. The summed E-state index contributed by atoms with van der Waals surface area (Å²) in [6.45, 7) is 5.24. The second-order valence-electron chi connectivity index (χ2n) is 1.64. The van der Waals surface area contributed by atoms with Gasteiger partial charge in [-0.25, -0.2) is 0 Å². The first-order valence-corrected chi connectivity index (χ1v) is 2.70. The number of carbonyl (C=O) groups is 1. The van der Waals surface area contributed by atoms with E-state index in [9.17, 15) is 4.79 Å². The van der Waals surface area contributed by atoms with E-state index in [1.807, 2.05) is 0 Å². The molecule has 0 bridgehead atoms. The first-order valence-electron chi connectivity index (χ1n) is 2.70. The normalized spacial score (nSPS) is 11.0. The Kier molecular flexibility index (Phi) is 3.44. The molecule has 1 N–H and O–H groups in total. The van der Waals surface area contributed by atoms with E-state index in [1.165, 1.54) is 0 Å². The summed E-state index contributed by atoms with van der Waals surface area (Å²) in [7, 11) is 0. The number of carboxylic acid groups (broad SMARTS) is 1. The van der Waals surface area contributed by atoms with Crippen LogP contribution < -0.4 is 0 Å². The van der Waals surface area contributed by atoms with Crippen LogP contribution >= 0.6 is 0 Å². The van der Waals surface area contributed by atoms with Gasteiger partial charge in [0.25, 0.3) is 0 Å². The zero-order chi connectivity index (χ0) is 7.28. The third-order valence-electron chi connectivity index (χ3n) is 0.988. The van der Waals surface area contributed by atoms with Gasteiger partial charge < -0.3 is 5.11 Å². The summed E-state index contributed by atoms with van der Waals surface area (Å²) in [6, 6.07) is 0. The zero-order valence-corrected chi connectivity index (χ0v) is 5.42. The molecule has 50 valence electrons. The standard InChI is InChI=1S/C7H10O2/c1-3-6(4-2)5-7(8)9/h3-4H,1,5H2,2H3,(H,8,9)/b6-4+. The van der Waals surface area contributed by atoms with Gasteiger partial charge in [-0.1, -0.05) is 18.7 Å². The van der Waals surface area contributed by atoms with Crippen molar-refractivity contribution in [1.82, 2.24) is 0 Å². The quantitative estimate of drug-likeness (QED) is 0.583. The molecule has 0 atom stereocenters. The molecule has 0 rings (SSSR count). The first-order chi connectivity index (χ1) is 4.20. The maximum absolute atomic E-state index is 10.0. The summed E-state index contributed by atoms with van der Waals surface area (Å²) in [5.74, 6) is -0.817. The van der Waals surface area contributed by atoms with Crippen molar-refractivity contribution in [2.24, 2.45) is 0 Å². The molecule has 0 spiro atoms. The molecule has 0 aliphatic rings. The highest BCUT2D eigenvalue weighted by Gasteiger charge is 1.96. The van der Waals surface area contributed by atoms with Crippen LogP contribution in [-0.2, 0) is 4.79 Å². The fourth-order valence-electron chi connectivity index (χ4n) is 0.467. The molecule has 0 aromatic rings. The lowest BCUT2D eigenvalue weighted by atomic mass is 10.2. The van der Waals surface area contributed by atoms with Gasteiger partial charge in [0.2, 0.25) is 0 Å². The maximum atomic E-state index is 10.0. The Bertz CT molecular complexity index is 145. The molecule has 9 heavy (non-hydrogen) atoms. The summed E-state index contributed by atoms with van der Waals surface area (Å²) in [5.41, 5.74) is 0.752. The highest BCUT2D eigenvalue weighted by atomic mass is 16.4. The largest absolute Gasteiger partial charge is 0.481 e. The lowest BCUT2D eigenvalue weighted by molar-refractivity contribution is -0.136. The fraction of sp³-hybridized carbons (Fsp3) is 0.286. The smallest absolute Gasteiger partial charge is 0.307 e. The van der Waals surface area contributed by atoms with E-state index >= 15 is 0 Å². The lowest BCUT2D eigenvalue weighted by Gasteiger charge is -1.92. The van der Waals surface area contributed by atoms with Gasteiger partial charge in [-0.2, -0.15) is 0 Å². The second-order valence-corrected chi connectivity index (χ2v) is 1.64. The minimum atomic E-state index is -0.817. The topological polar surface area (TPSA) is 37.3 Å². The summed E-state index contributed by atoms with van der Waals surface area (Å²) < 4.78 is 0. The predicted octanol–water partition coefficient (Wildman–Crippen LogP) is 1.59. The summed E-state index contributed by atoms with van der Waals surface area (Å²) >= 11 is 0. The van der Waals surface area contributed by atoms with Gasteiger partial charge in [-0.05, 0) is 12.5 Å². The fourth-order valence-corrected chi connectivity index (χ4v) is 0.467. The van der Waals surface area contributed by atoms with Gasteiger partial charge in [-0.15, -0.1) is 0 Å². The van der Waals surface area contributed by atoms with Crippen molar-refractivity contribution >= 4 is 5.97 Å². The second kappa shape index (κ2) is 3.89. The molecule has 0 unspecified atom stereocenters. The average Bonchev–Trinajstić information content (AvgIpc) is 1.82. The molecule has 0 fully saturated rings. The molecule has 0 heterocycles. The van der Waals surface area contributed by atoms with Crippen molar-refractivity contribution < 1.29 is 9.90 Å². The van der Waals surface area contributed by atoms with Crippen LogP contribution in [0, 0.1) is 0 Å². The van der Waals surface area contributed by atoms with Crippen LogP contribution in [0.2, 0.25) is 0 Å². The van der Waals surface area contributed by atoms with E-state index in [0.29, 0.717) is 0 Å². The van der Waals surface area contributed by atoms with Crippen LogP contribution in [-0.4, -0.2) is 11.1 Å². The van der Waals surface area contributed by atoms with Crippen molar-refractivity contribution in [1.29, 1.82) is 0 Å². The van der Waals surface area contributed by atoms with Crippen molar-refractivity contribution in [2.75, 3.05) is 0 Å². The predicted molar refractivity (Wildman–Crippen MR) is 36.2 cm³/mol. The van der Waals surface area contributed by atoms with Crippen molar-refractivity contribution in [2.45, 2.75) is 13.3 Å². The number of rotatable bonds is 3. The molecule has 2 heteroatoms. The van der Waals surface area contributed by atoms with Gasteiger partial charge in [0.1, 0.15) is 0 Å². The van der Waals surface area contributed by atoms with E-state index in [-0.39, 0.29) is 6.42 Å². The van der Waals surface area contributed by atoms with Crippen LogP contribution in [0.1, 0.15) is 13.3 Å². The van der Waals surface area contributed by atoms with Crippen molar-refractivity contribution in [3.05, 3.63) is 24.3 Å². The number of carboxylic acids is 1. The molecule has 0 saturated heterocycles. The molecule has 0 aromatic heterocycles. The van der Waals surface area contributed by atoms with Gasteiger partial charge in [0.15, 0.2) is 0 Å². The monoisotopic (exact) mass is 126 g/mol. The molecule has 0 amide bonds. The van der Waals surface area contributed by atoms with Gasteiger partial charge in [-0.3, -0.25) is 4.79 Å². The van der Waals surface area contributed by atoms with E-state index in [1.54, 1.807) is 19.1 Å². The molecule has 0 aliphatic heterocycles. The molecule has 2 nitrogen and oxygen atoms in total. The van der Waals surface area contributed by atoms with E-state index in [2.05, 4.69) is 6.58 Å². The van der Waals surface area contributed by atoms with Crippen LogP contribution in [0.4, 0.5) is 0 Å². The van der Waals surface area contributed by atoms with Crippen LogP contribution in [0.5, 0.6) is 0 Å². The van der Waals surface area contributed by atoms with Gasteiger partial charge in [0, 0.05) is 0 Å². The number of hydrogen-bond acceptors (Lipinski definition) is 1.